The van der Waals surface area contributed by atoms with Crippen molar-refractivity contribution < 1.29 is 5.41 Å². The predicted octanol–water partition coefficient (Wildman–Crippen LogP) is -2.34. The van der Waals surface area contributed by atoms with Crippen LogP contribution in [-0.4, -0.2) is 5.96 Å². The first-order chi connectivity index (χ1) is 1.73. The van der Waals surface area contributed by atoms with Crippen molar-refractivity contribution in [2.75, 3.05) is 0 Å². The molecule has 0 aliphatic rings. The van der Waals surface area contributed by atoms with Crippen molar-refractivity contribution in [2.45, 2.75) is 7.43 Å². The molecule has 0 aromatic carbocycles. The molecule has 0 fully saturated rings. The summed E-state index contributed by atoms with van der Waals surface area (Å²) in [5.74, 6) is -0.0833. The van der Waals surface area contributed by atoms with Crippen LogP contribution in [0.3, 0.4) is 0 Å². The molecule has 6 N–H and O–H groups in total. The SMILES string of the molecule is C.NC(N)=[NH2+]. The minimum absolute atomic E-state index is 0. The van der Waals surface area contributed by atoms with Gasteiger partial charge in [-0.2, -0.15) is 0 Å². The molecule has 0 rings (SSSR count). The van der Waals surface area contributed by atoms with Crippen LogP contribution in [0, 0.1) is 0 Å². The fourth-order valence-electron chi connectivity index (χ4n) is 0. The Kier molecular flexibility index (Phi) is 5.79. The molecule has 0 heterocycles. The third-order valence-corrected chi connectivity index (χ3v) is 0. The van der Waals surface area contributed by atoms with Gasteiger partial charge in [0, 0.05) is 0 Å². The molecule has 32 valence electrons. The third-order valence-electron chi connectivity index (χ3n) is 0. The fraction of sp³-hybridized carbons (Fsp3) is 0.500. The second-order valence-corrected chi connectivity index (χ2v) is 0.500. The Morgan fingerprint density at radius 1 is 1.40 bits per heavy atom. The van der Waals surface area contributed by atoms with Gasteiger partial charge in [0.15, 0.2) is 0 Å². The van der Waals surface area contributed by atoms with Crippen LogP contribution in [0.4, 0.5) is 0 Å². The van der Waals surface area contributed by atoms with E-state index in [2.05, 4.69) is 16.9 Å². The first-order valence-electron chi connectivity index (χ1n) is 0.866. The Balaban J connectivity index is 0. The van der Waals surface area contributed by atoms with Crippen LogP contribution in [0.2, 0.25) is 0 Å². The van der Waals surface area contributed by atoms with E-state index in [0.29, 0.717) is 0 Å². The van der Waals surface area contributed by atoms with Crippen molar-refractivity contribution in [1.82, 2.24) is 0 Å². The van der Waals surface area contributed by atoms with Gasteiger partial charge < -0.3 is 0 Å². The minimum Gasteiger partial charge on any atom is -0.291 e. The maximum absolute atomic E-state index is 4.58. The van der Waals surface area contributed by atoms with Gasteiger partial charge in [0.2, 0.25) is 0 Å². The normalized spacial score (nSPS) is 4.80. The number of hydrogen-bond donors (Lipinski definition) is 3. The van der Waals surface area contributed by atoms with Crippen molar-refractivity contribution >= 4 is 5.96 Å². The van der Waals surface area contributed by atoms with E-state index < -0.39 is 0 Å². The van der Waals surface area contributed by atoms with Gasteiger partial charge in [-0.05, 0) is 0 Å². The van der Waals surface area contributed by atoms with Gasteiger partial charge in [0.1, 0.15) is 0 Å². The van der Waals surface area contributed by atoms with E-state index in [1.807, 2.05) is 0 Å². The molecule has 0 spiro atoms. The lowest BCUT2D eigenvalue weighted by Crippen LogP contribution is -2.51. The van der Waals surface area contributed by atoms with Crippen molar-refractivity contribution in [3.63, 3.8) is 0 Å². The molecular weight excluding hydrogens is 66.0 g/mol. The fourth-order valence-corrected chi connectivity index (χ4v) is 0. The Labute approximate surface area is 31.5 Å². The molecule has 0 aliphatic carbocycles. The van der Waals surface area contributed by atoms with Gasteiger partial charge in [0.25, 0.3) is 0 Å². The van der Waals surface area contributed by atoms with Crippen molar-refractivity contribution in [3.05, 3.63) is 0 Å². The molecule has 0 aliphatic heterocycles. The van der Waals surface area contributed by atoms with E-state index in [4.69, 9.17) is 0 Å². The molecule has 0 atom stereocenters. The monoisotopic (exact) mass is 76.1 g/mol. The summed E-state index contributed by atoms with van der Waals surface area (Å²) >= 11 is 0. The summed E-state index contributed by atoms with van der Waals surface area (Å²) in [5.41, 5.74) is 9.17. The summed E-state index contributed by atoms with van der Waals surface area (Å²) < 4.78 is 0. The molecule has 0 saturated carbocycles. The molecule has 0 aromatic rings. The summed E-state index contributed by atoms with van der Waals surface area (Å²) in [5, 5.41) is 4.58. The Bertz CT molecular complexity index is 27.9. The van der Waals surface area contributed by atoms with Gasteiger partial charge in [0.05, 0.1) is 0 Å². The van der Waals surface area contributed by atoms with Crippen molar-refractivity contribution in [2.24, 2.45) is 11.5 Å². The van der Waals surface area contributed by atoms with Crippen LogP contribution in [-0.2, 0) is 0 Å². The first-order valence-corrected chi connectivity index (χ1v) is 0.866. The highest BCUT2D eigenvalue weighted by Gasteiger charge is 1.64. The van der Waals surface area contributed by atoms with Crippen LogP contribution < -0.4 is 16.9 Å². The third kappa shape index (κ3) is 9.90. The summed E-state index contributed by atoms with van der Waals surface area (Å²) in [4.78, 5) is 0. The zero-order valence-electron chi connectivity index (χ0n) is 2.23. The van der Waals surface area contributed by atoms with Crippen LogP contribution >= 0.6 is 0 Å². The number of hydrogen-bond acceptors (Lipinski definition) is 0. The first kappa shape index (κ1) is 8.86. The van der Waals surface area contributed by atoms with Gasteiger partial charge in [-0.1, -0.05) is 7.43 Å². The van der Waals surface area contributed by atoms with E-state index in [9.17, 15) is 0 Å². The second kappa shape index (κ2) is 3.27. The van der Waals surface area contributed by atoms with Crippen LogP contribution in [0.5, 0.6) is 0 Å². The lowest BCUT2D eigenvalue weighted by atomic mass is 11.1. The molecule has 0 saturated heterocycles. The molecule has 3 nitrogen and oxygen atoms in total. The molecule has 0 unspecified atom stereocenters. The average Bonchev–Trinajstić information content (AvgIpc) is 0.811. The summed E-state index contributed by atoms with van der Waals surface area (Å²) in [7, 11) is 0. The van der Waals surface area contributed by atoms with Gasteiger partial charge >= 0.3 is 5.96 Å². The number of guanidine groups is 1. The zero-order chi connectivity index (χ0) is 3.58. The second-order valence-electron chi connectivity index (χ2n) is 0.500. The highest BCUT2D eigenvalue weighted by molar-refractivity contribution is 5.68. The summed E-state index contributed by atoms with van der Waals surface area (Å²) in [6.07, 6.45) is 0. The number of nitrogens with two attached hydrogens (primary N) is 3. The van der Waals surface area contributed by atoms with E-state index in [1.54, 1.807) is 0 Å². The topological polar surface area (TPSA) is 77.6 Å². The Morgan fingerprint density at radius 3 is 1.40 bits per heavy atom. The summed E-state index contributed by atoms with van der Waals surface area (Å²) in [6.45, 7) is 0. The molecule has 5 heavy (non-hydrogen) atoms. The lowest BCUT2D eigenvalue weighted by Gasteiger charge is -1.59. The van der Waals surface area contributed by atoms with Crippen LogP contribution in [0.1, 0.15) is 7.43 Å². The molecule has 3 heteroatoms. The molecule has 0 radical (unpaired) electrons. The minimum atomic E-state index is -0.0833. The smallest absolute Gasteiger partial charge is 0.291 e. The standard InChI is InChI=1S/CH5N3.CH4/c2-1(3)4;/h(H5,2,3,4);1H4/p+1. The van der Waals surface area contributed by atoms with Crippen LogP contribution in [0.15, 0.2) is 0 Å². The highest BCUT2D eigenvalue weighted by Crippen LogP contribution is 0.925. The largest absolute Gasteiger partial charge is 0.336 e. The maximum Gasteiger partial charge on any atom is 0.336 e. The number of rotatable bonds is 0. The Morgan fingerprint density at radius 2 is 1.40 bits per heavy atom. The highest BCUT2D eigenvalue weighted by atomic mass is 14.9. The van der Waals surface area contributed by atoms with Crippen molar-refractivity contribution in [3.8, 4) is 0 Å². The summed E-state index contributed by atoms with van der Waals surface area (Å²) in [6, 6.07) is 0. The average molecular weight is 76.1 g/mol. The lowest BCUT2D eigenvalue weighted by molar-refractivity contribution is -0.116. The van der Waals surface area contributed by atoms with E-state index >= 15 is 0 Å². The van der Waals surface area contributed by atoms with E-state index in [0.717, 1.165) is 0 Å². The van der Waals surface area contributed by atoms with E-state index in [-0.39, 0.29) is 13.4 Å². The van der Waals surface area contributed by atoms with Crippen molar-refractivity contribution in [1.29, 1.82) is 0 Å². The molecule has 0 aromatic heterocycles. The molecule has 0 bridgehead atoms. The molecular formula is C2H10N3+. The molecule has 0 amide bonds. The maximum atomic E-state index is 4.58. The van der Waals surface area contributed by atoms with Gasteiger partial charge in [-0.25, -0.2) is 0 Å². The zero-order valence-corrected chi connectivity index (χ0v) is 2.23. The van der Waals surface area contributed by atoms with Gasteiger partial charge in [-0.15, -0.1) is 0 Å². The quantitative estimate of drug-likeness (QED) is 0.223. The van der Waals surface area contributed by atoms with Gasteiger partial charge in [-0.3, -0.25) is 16.9 Å². The predicted molar refractivity (Wildman–Crippen MR) is 22.0 cm³/mol. The van der Waals surface area contributed by atoms with E-state index in [1.165, 1.54) is 0 Å². The van der Waals surface area contributed by atoms with Crippen LogP contribution in [0.25, 0.3) is 0 Å². The Hall–Kier alpha value is -0.730.